The van der Waals surface area contributed by atoms with E-state index < -0.39 is 0 Å². The molecule has 0 N–H and O–H groups in total. The Labute approximate surface area is 144 Å². The highest BCUT2D eigenvalue weighted by atomic mass is 35.5. The SMILES string of the molecule is Cl.c1ccc(CN(Cc2ccccc2)Cc2cccnc2)cc1. The molecule has 3 rings (SSSR count). The molecule has 0 unspecified atom stereocenters. The van der Waals surface area contributed by atoms with Crippen LogP contribution in [-0.2, 0) is 19.6 Å². The Balaban J connectivity index is 0.00000192. The highest BCUT2D eigenvalue weighted by Gasteiger charge is 2.08. The van der Waals surface area contributed by atoms with E-state index in [1.165, 1.54) is 16.7 Å². The molecule has 3 aromatic rings. The van der Waals surface area contributed by atoms with Crippen LogP contribution >= 0.6 is 12.4 Å². The minimum Gasteiger partial charge on any atom is -0.291 e. The molecule has 0 spiro atoms. The van der Waals surface area contributed by atoms with E-state index in [-0.39, 0.29) is 12.4 Å². The average molecular weight is 325 g/mol. The van der Waals surface area contributed by atoms with Crippen molar-refractivity contribution in [2.45, 2.75) is 19.6 Å². The standard InChI is InChI=1S/C20H20N2.ClH/c1-3-8-18(9-4-1)15-22(16-19-10-5-2-6-11-19)17-20-12-7-13-21-14-20;/h1-14H,15-17H2;1H. The van der Waals surface area contributed by atoms with Crippen LogP contribution in [0.25, 0.3) is 0 Å². The molecular weight excluding hydrogens is 304 g/mol. The molecule has 23 heavy (non-hydrogen) atoms. The summed E-state index contributed by atoms with van der Waals surface area (Å²) in [6.07, 6.45) is 3.77. The lowest BCUT2D eigenvalue weighted by Gasteiger charge is -2.22. The van der Waals surface area contributed by atoms with E-state index in [9.17, 15) is 0 Å². The van der Waals surface area contributed by atoms with Gasteiger partial charge in [0, 0.05) is 32.0 Å². The number of rotatable bonds is 6. The lowest BCUT2D eigenvalue weighted by Crippen LogP contribution is -2.22. The Kier molecular flexibility index (Phi) is 6.79. The molecule has 3 heteroatoms. The topological polar surface area (TPSA) is 16.1 Å². The van der Waals surface area contributed by atoms with Crippen molar-refractivity contribution in [2.75, 3.05) is 0 Å². The van der Waals surface area contributed by atoms with Gasteiger partial charge in [-0.15, -0.1) is 12.4 Å². The zero-order chi connectivity index (χ0) is 15.0. The maximum absolute atomic E-state index is 4.23. The summed E-state index contributed by atoms with van der Waals surface area (Å²) in [6.45, 7) is 2.77. The van der Waals surface area contributed by atoms with Crippen molar-refractivity contribution in [2.24, 2.45) is 0 Å². The Morgan fingerprint density at radius 3 is 1.57 bits per heavy atom. The van der Waals surface area contributed by atoms with E-state index in [2.05, 4.69) is 76.6 Å². The van der Waals surface area contributed by atoms with Crippen LogP contribution in [0.4, 0.5) is 0 Å². The molecule has 0 aliphatic heterocycles. The van der Waals surface area contributed by atoms with Crippen LogP contribution in [0.1, 0.15) is 16.7 Å². The summed E-state index contributed by atoms with van der Waals surface area (Å²) < 4.78 is 0. The van der Waals surface area contributed by atoms with Gasteiger partial charge in [-0.2, -0.15) is 0 Å². The maximum atomic E-state index is 4.23. The highest BCUT2D eigenvalue weighted by molar-refractivity contribution is 5.85. The summed E-state index contributed by atoms with van der Waals surface area (Å²) in [4.78, 5) is 6.67. The molecular formula is C20H21ClN2. The van der Waals surface area contributed by atoms with Gasteiger partial charge in [-0.1, -0.05) is 66.7 Å². The number of halogens is 1. The van der Waals surface area contributed by atoms with Crippen molar-refractivity contribution in [1.29, 1.82) is 0 Å². The van der Waals surface area contributed by atoms with Crippen molar-refractivity contribution in [3.8, 4) is 0 Å². The molecule has 0 aliphatic rings. The average Bonchev–Trinajstić information content (AvgIpc) is 2.57. The summed E-state index contributed by atoms with van der Waals surface area (Å²) >= 11 is 0. The highest BCUT2D eigenvalue weighted by Crippen LogP contribution is 2.13. The summed E-state index contributed by atoms with van der Waals surface area (Å²) in [6, 6.07) is 25.4. The maximum Gasteiger partial charge on any atom is 0.0312 e. The first-order valence-corrected chi connectivity index (χ1v) is 7.59. The van der Waals surface area contributed by atoms with Gasteiger partial charge in [0.2, 0.25) is 0 Å². The van der Waals surface area contributed by atoms with Crippen LogP contribution in [0.5, 0.6) is 0 Å². The predicted molar refractivity (Wildman–Crippen MR) is 97.3 cm³/mol. The Morgan fingerprint density at radius 1 is 0.609 bits per heavy atom. The number of hydrogen-bond donors (Lipinski definition) is 0. The Morgan fingerprint density at radius 2 is 1.09 bits per heavy atom. The molecule has 0 amide bonds. The number of benzene rings is 2. The molecule has 0 atom stereocenters. The number of hydrogen-bond acceptors (Lipinski definition) is 2. The van der Waals surface area contributed by atoms with E-state index in [4.69, 9.17) is 0 Å². The van der Waals surface area contributed by atoms with Gasteiger partial charge in [0.15, 0.2) is 0 Å². The van der Waals surface area contributed by atoms with Crippen LogP contribution in [0, 0.1) is 0 Å². The summed E-state index contributed by atoms with van der Waals surface area (Å²) in [5.74, 6) is 0. The molecule has 0 radical (unpaired) electrons. The molecule has 0 fully saturated rings. The second kappa shape index (κ2) is 9.09. The first kappa shape index (κ1) is 17.2. The fourth-order valence-electron chi connectivity index (χ4n) is 2.60. The normalized spacial score (nSPS) is 10.3. The third-order valence-corrected chi connectivity index (χ3v) is 3.63. The fourth-order valence-corrected chi connectivity index (χ4v) is 2.60. The third kappa shape index (κ3) is 5.51. The van der Waals surface area contributed by atoms with Crippen molar-refractivity contribution < 1.29 is 0 Å². The van der Waals surface area contributed by atoms with E-state index in [1.54, 1.807) is 0 Å². The molecule has 0 bridgehead atoms. The van der Waals surface area contributed by atoms with Crippen LogP contribution in [0.3, 0.4) is 0 Å². The second-order valence-electron chi connectivity index (χ2n) is 5.48. The van der Waals surface area contributed by atoms with E-state index in [0.29, 0.717) is 0 Å². The molecule has 0 saturated heterocycles. The van der Waals surface area contributed by atoms with Gasteiger partial charge in [0.1, 0.15) is 0 Å². The summed E-state index contributed by atoms with van der Waals surface area (Å²) in [5.41, 5.74) is 3.92. The quantitative estimate of drug-likeness (QED) is 0.653. The molecule has 1 heterocycles. The van der Waals surface area contributed by atoms with E-state index in [1.807, 2.05) is 18.5 Å². The second-order valence-corrected chi connectivity index (χ2v) is 5.48. The van der Waals surface area contributed by atoms with Crippen LogP contribution in [-0.4, -0.2) is 9.88 Å². The third-order valence-electron chi connectivity index (χ3n) is 3.63. The van der Waals surface area contributed by atoms with Crippen molar-refractivity contribution in [3.05, 3.63) is 102 Å². The Bertz CT molecular complexity index is 573. The number of nitrogens with zero attached hydrogens (tertiary/aromatic N) is 2. The minimum absolute atomic E-state index is 0. The number of aromatic nitrogens is 1. The van der Waals surface area contributed by atoms with Crippen molar-refractivity contribution in [3.63, 3.8) is 0 Å². The zero-order valence-corrected chi connectivity index (χ0v) is 13.8. The molecule has 1 aromatic heterocycles. The van der Waals surface area contributed by atoms with Crippen molar-refractivity contribution >= 4 is 12.4 Å². The van der Waals surface area contributed by atoms with Crippen LogP contribution in [0.2, 0.25) is 0 Å². The smallest absolute Gasteiger partial charge is 0.0312 e. The van der Waals surface area contributed by atoms with Gasteiger partial charge in [-0.25, -0.2) is 0 Å². The number of pyridine rings is 1. The first-order chi connectivity index (χ1) is 10.9. The minimum atomic E-state index is 0. The van der Waals surface area contributed by atoms with E-state index in [0.717, 1.165) is 19.6 Å². The largest absolute Gasteiger partial charge is 0.291 e. The molecule has 2 aromatic carbocycles. The van der Waals surface area contributed by atoms with Gasteiger partial charge in [-0.05, 0) is 22.8 Å². The van der Waals surface area contributed by atoms with Crippen molar-refractivity contribution in [1.82, 2.24) is 9.88 Å². The van der Waals surface area contributed by atoms with Gasteiger partial charge in [0.05, 0.1) is 0 Å². The van der Waals surface area contributed by atoms with E-state index >= 15 is 0 Å². The molecule has 0 saturated carbocycles. The van der Waals surface area contributed by atoms with Gasteiger partial charge in [-0.3, -0.25) is 9.88 Å². The van der Waals surface area contributed by atoms with Crippen LogP contribution in [0.15, 0.2) is 85.2 Å². The van der Waals surface area contributed by atoms with Gasteiger partial charge in [0.25, 0.3) is 0 Å². The monoisotopic (exact) mass is 324 g/mol. The molecule has 118 valence electrons. The molecule has 0 aliphatic carbocycles. The molecule has 2 nitrogen and oxygen atoms in total. The van der Waals surface area contributed by atoms with Gasteiger partial charge >= 0.3 is 0 Å². The lowest BCUT2D eigenvalue weighted by atomic mass is 10.1. The zero-order valence-electron chi connectivity index (χ0n) is 13.0. The van der Waals surface area contributed by atoms with Crippen LogP contribution < -0.4 is 0 Å². The Hall–Kier alpha value is -2.16. The van der Waals surface area contributed by atoms with Gasteiger partial charge < -0.3 is 0 Å². The first-order valence-electron chi connectivity index (χ1n) is 7.59. The summed E-state index contributed by atoms with van der Waals surface area (Å²) in [7, 11) is 0. The fraction of sp³-hybridized carbons (Fsp3) is 0.150. The lowest BCUT2D eigenvalue weighted by molar-refractivity contribution is 0.247. The predicted octanol–water partition coefficient (Wildman–Crippen LogP) is 4.71. The summed E-state index contributed by atoms with van der Waals surface area (Å²) in [5, 5.41) is 0.